The number of amides is 2. The summed E-state index contributed by atoms with van der Waals surface area (Å²) in [6.07, 6.45) is 0.820. The standard InChI is InChI=1S/C15H13N3O5/c16-14(19)12-7-18(15(20)22-12)9-1-2-10-11(5-9)21-4-3-8-6-17-23-13(8)10/h1-2,5-6,12H,3-4,7H2,(H2,16,19)/t12-/m1/s1. The summed E-state index contributed by atoms with van der Waals surface area (Å²) in [7, 11) is 0. The number of carbonyl (C=O) groups is 2. The van der Waals surface area contributed by atoms with Gasteiger partial charge in [0.1, 0.15) is 5.75 Å². The first-order chi connectivity index (χ1) is 11.1. The number of benzene rings is 1. The van der Waals surface area contributed by atoms with Gasteiger partial charge in [-0.2, -0.15) is 0 Å². The Morgan fingerprint density at radius 2 is 2.26 bits per heavy atom. The van der Waals surface area contributed by atoms with E-state index in [9.17, 15) is 9.59 Å². The molecule has 0 aliphatic carbocycles. The Kier molecular flexibility index (Phi) is 2.97. The maximum atomic E-state index is 11.9. The summed E-state index contributed by atoms with van der Waals surface area (Å²) in [6, 6.07) is 5.26. The summed E-state index contributed by atoms with van der Waals surface area (Å²) in [4.78, 5) is 24.4. The molecule has 1 aromatic heterocycles. The van der Waals surface area contributed by atoms with Gasteiger partial charge >= 0.3 is 6.09 Å². The number of fused-ring (bicyclic) bond motifs is 3. The van der Waals surface area contributed by atoms with Crippen LogP contribution in [0.3, 0.4) is 0 Å². The molecule has 0 radical (unpaired) electrons. The van der Waals surface area contributed by atoms with Gasteiger partial charge in [0.25, 0.3) is 5.91 Å². The molecule has 2 aliphatic rings. The maximum Gasteiger partial charge on any atom is 0.415 e. The zero-order chi connectivity index (χ0) is 16.0. The molecule has 2 N–H and O–H groups in total. The number of primary amides is 1. The number of ether oxygens (including phenoxy) is 2. The molecule has 118 valence electrons. The van der Waals surface area contributed by atoms with Gasteiger partial charge in [-0.25, -0.2) is 4.79 Å². The summed E-state index contributed by atoms with van der Waals surface area (Å²) in [6.45, 7) is 0.569. The predicted octanol–water partition coefficient (Wildman–Crippen LogP) is 1.09. The lowest BCUT2D eigenvalue weighted by Gasteiger charge is -2.15. The molecule has 8 heteroatoms. The van der Waals surface area contributed by atoms with Gasteiger partial charge in [-0.1, -0.05) is 5.16 Å². The Balaban J connectivity index is 1.70. The molecule has 0 saturated carbocycles. The van der Waals surface area contributed by atoms with Crippen molar-refractivity contribution in [3.8, 4) is 17.1 Å². The van der Waals surface area contributed by atoms with Crippen molar-refractivity contribution in [2.75, 3.05) is 18.1 Å². The number of carbonyl (C=O) groups excluding carboxylic acids is 2. The fourth-order valence-electron chi connectivity index (χ4n) is 2.74. The molecule has 2 aromatic rings. The number of nitrogens with two attached hydrogens (primary N) is 1. The molecule has 1 fully saturated rings. The summed E-state index contributed by atoms with van der Waals surface area (Å²) in [5.74, 6) is 0.592. The first-order valence-electron chi connectivity index (χ1n) is 7.12. The first kappa shape index (κ1) is 13.6. The van der Waals surface area contributed by atoms with E-state index in [0.717, 1.165) is 11.1 Å². The highest BCUT2D eigenvalue weighted by atomic mass is 16.6. The molecule has 1 saturated heterocycles. The second-order valence-corrected chi connectivity index (χ2v) is 5.34. The van der Waals surface area contributed by atoms with E-state index in [1.54, 1.807) is 24.4 Å². The summed E-state index contributed by atoms with van der Waals surface area (Å²) in [5, 5.41) is 3.82. The van der Waals surface area contributed by atoms with Crippen LogP contribution in [0.4, 0.5) is 10.5 Å². The van der Waals surface area contributed by atoms with Gasteiger partial charge in [-0.05, 0) is 12.1 Å². The Labute approximate surface area is 130 Å². The molecule has 0 bridgehead atoms. The van der Waals surface area contributed by atoms with E-state index >= 15 is 0 Å². The number of hydrogen-bond donors (Lipinski definition) is 1. The van der Waals surface area contributed by atoms with Gasteiger partial charge in [0.05, 0.1) is 30.6 Å². The molecular weight excluding hydrogens is 302 g/mol. The van der Waals surface area contributed by atoms with E-state index in [1.807, 2.05) is 0 Å². The fourth-order valence-corrected chi connectivity index (χ4v) is 2.74. The molecule has 3 heterocycles. The van der Waals surface area contributed by atoms with Gasteiger partial charge in [0.15, 0.2) is 11.9 Å². The van der Waals surface area contributed by atoms with Crippen LogP contribution in [0.25, 0.3) is 11.3 Å². The van der Waals surface area contributed by atoms with Gasteiger partial charge in [0.2, 0.25) is 0 Å². The lowest BCUT2D eigenvalue weighted by Crippen LogP contribution is -2.32. The van der Waals surface area contributed by atoms with Crippen LogP contribution in [0.2, 0.25) is 0 Å². The van der Waals surface area contributed by atoms with Crippen LogP contribution in [0.5, 0.6) is 5.75 Å². The zero-order valence-corrected chi connectivity index (χ0v) is 12.0. The molecule has 8 nitrogen and oxygen atoms in total. The molecular formula is C15H13N3O5. The number of hydrogen-bond acceptors (Lipinski definition) is 6. The Morgan fingerprint density at radius 3 is 3.04 bits per heavy atom. The minimum absolute atomic E-state index is 0.0838. The normalized spacial score (nSPS) is 19.4. The largest absolute Gasteiger partial charge is 0.492 e. The monoisotopic (exact) mass is 315 g/mol. The van der Waals surface area contributed by atoms with Crippen LogP contribution < -0.4 is 15.4 Å². The van der Waals surface area contributed by atoms with Crippen LogP contribution in [-0.2, 0) is 16.0 Å². The molecule has 23 heavy (non-hydrogen) atoms. The SMILES string of the molecule is NC(=O)[C@H]1CN(c2ccc3c(c2)OCCc2cnoc2-3)C(=O)O1. The lowest BCUT2D eigenvalue weighted by atomic mass is 10.1. The number of cyclic esters (lactones) is 1. The van der Waals surface area contributed by atoms with E-state index in [0.29, 0.717) is 30.2 Å². The zero-order valence-electron chi connectivity index (χ0n) is 12.0. The lowest BCUT2D eigenvalue weighted by molar-refractivity contribution is -0.124. The highest BCUT2D eigenvalue weighted by Gasteiger charge is 2.36. The molecule has 1 atom stereocenters. The van der Waals surface area contributed by atoms with Crippen molar-refractivity contribution in [2.45, 2.75) is 12.5 Å². The van der Waals surface area contributed by atoms with Crippen LogP contribution in [0.1, 0.15) is 5.56 Å². The second kappa shape index (κ2) is 5.01. The Morgan fingerprint density at radius 1 is 1.39 bits per heavy atom. The van der Waals surface area contributed by atoms with Gasteiger partial charge in [-0.3, -0.25) is 9.69 Å². The van der Waals surface area contributed by atoms with Crippen molar-refractivity contribution in [2.24, 2.45) is 5.73 Å². The summed E-state index contributed by atoms with van der Waals surface area (Å²) >= 11 is 0. The quantitative estimate of drug-likeness (QED) is 0.888. The van der Waals surface area contributed by atoms with Crippen LogP contribution in [0.15, 0.2) is 28.9 Å². The predicted molar refractivity (Wildman–Crippen MR) is 77.9 cm³/mol. The van der Waals surface area contributed by atoms with Gasteiger partial charge < -0.3 is 19.7 Å². The van der Waals surface area contributed by atoms with E-state index in [-0.39, 0.29) is 6.54 Å². The molecule has 2 amide bonds. The van der Waals surface area contributed by atoms with E-state index in [2.05, 4.69) is 5.16 Å². The van der Waals surface area contributed by atoms with Gasteiger partial charge in [0, 0.05) is 18.1 Å². The molecule has 4 rings (SSSR count). The van der Waals surface area contributed by atoms with Crippen molar-refractivity contribution in [3.63, 3.8) is 0 Å². The second-order valence-electron chi connectivity index (χ2n) is 5.34. The van der Waals surface area contributed by atoms with Crippen molar-refractivity contribution >= 4 is 17.7 Å². The summed E-state index contributed by atoms with van der Waals surface area (Å²) < 4.78 is 16.0. The third-order valence-corrected chi connectivity index (χ3v) is 3.92. The minimum Gasteiger partial charge on any atom is -0.492 e. The topological polar surface area (TPSA) is 108 Å². The van der Waals surface area contributed by atoms with Crippen molar-refractivity contribution in [1.82, 2.24) is 5.16 Å². The third-order valence-electron chi connectivity index (χ3n) is 3.92. The van der Waals surface area contributed by atoms with E-state index in [1.165, 1.54) is 4.90 Å². The minimum atomic E-state index is -0.942. The van der Waals surface area contributed by atoms with Crippen LogP contribution >= 0.6 is 0 Å². The highest BCUT2D eigenvalue weighted by Crippen LogP contribution is 2.38. The van der Waals surface area contributed by atoms with Gasteiger partial charge in [-0.15, -0.1) is 0 Å². The van der Waals surface area contributed by atoms with Crippen molar-refractivity contribution in [3.05, 3.63) is 30.0 Å². The first-order valence-corrected chi connectivity index (χ1v) is 7.12. The highest BCUT2D eigenvalue weighted by molar-refractivity contribution is 5.95. The average molecular weight is 315 g/mol. The maximum absolute atomic E-state index is 11.9. The van der Waals surface area contributed by atoms with E-state index < -0.39 is 18.1 Å². The van der Waals surface area contributed by atoms with E-state index in [4.69, 9.17) is 19.7 Å². The third kappa shape index (κ3) is 2.19. The fraction of sp³-hybridized carbons (Fsp3) is 0.267. The molecule has 1 aromatic carbocycles. The molecule has 0 spiro atoms. The Hall–Kier alpha value is -3.03. The number of rotatable bonds is 2. The van der Waals surface area contributed by atoms with Crippen LogP contribution in [-0.4, -0.2) is 36.4 Å². The Bertz CT molecular complexity index is 800. The van der Waals surface area contributed by atoms with Crippen molar-refractivity contribution < 1.29 is 23.6 Å². The smallest absolute Gasteiger partial charge is 0.415 e. The number of anilines is 1. The molecule has 0 unspecified atom stereocenters. The summed E-state index contributed by atoms with van der Waals surface area (Å²) in [5.41, 5.74) is 7.51. The average Bonchev–Trinajstić information content (AvgIpc) is 3.10. The van der Waals surface area contributed by atoms with Crippen molar-refractivity contribution in [1.29, 1.82) is 0 Å². The number of nitrogens with zero attached hydrogens (tertiary/aromatic N) is 2. The van der Waals surface area contributed by atoms with Crippen LogP contribution in [0, 0.1) is 0 Å². The molecule has 2 aliphatic heterocycles. The number of aromatic nitrogens is 1.